The number of rotatable bonds is 7. The van der Waals surface area contributed by atoms with Crippen molar-refractivity contribution in [2.24, 2.45) is 0 Å². The second-order valence-corrected chi connectivity index (χ2v) is 7.13. The maximum absolute atomic E-state index is 13.8. The molecule has 1 aliphatic carbocycles. The van der Waals surface area contributed by atoms with Crippen molar-refractivity contribution in [2.45, 2.75) is 37.6 Å². The SMILES string of the molecule is CCN(CCNS(=O)(=O)c1cc(N)c(C)cc1F)C1CC1. The fourth-order valence-electron chi connectivity index (χ4n) is 2.31. The Hall–Kier alpha value is -1.18. The lowest BCUT2D eigenvalue weighted by molar-refractivity contribution is 0.282. The molecule has 2 rings (SSSR count). The van der Waals surface area contributed by atoms with E-state index in [1.165, 1.54) is 18.9 Å². The summed E-state index contributed by atoms with van der Waals surface area (Å²) in [7, 11) is -3.87. The van der Waals surface area contributed by atoms with Crippen LogP contribution in [0, 0.1) is 12.7 Å². The third-order valence-electron chi connectivity index (χ3n) is 3.77. The van der Waals surface area contributed by atoms with Gasteiger partial charge < -0.3 is 5.73 Å². The van der Waals surface area contributed by atoms with E-state index in [2.05, 4.69) is 9.62 Å². The van der Waals surface area contributed by atoms with E-state index in [9.17, 15) is 12.8 Å². The average molecular weight is 315 g/mol. The number of hydrogen-bond donors (Lipinski definition) is 2. The standard InChI is InChI=1S/C14H22FN3O2S/c1-3-18(11-4-5-11)7-6-17-21(19,20)14-9-13(16)10(2)8-12(14)15/h8-9,11,17H,3-7,16H2,1-2H3. The van der Waals surface area contributed by atoms with Gasteiger partial charge in [-0.3, -0.25) is 4.90 Å². The quantitative estimate of drug-likeness (QED) is 0.747. The molecule has 118 valence electrons. The molecule has 21 heavy (non-hydrogen) atoms. The van der Waals surface area contributed by atoms with Gasteiger partial charge in [0, 0.05) is 24.8 Å². The first-order valence-corrected chi connectivity index (χ1v) is 8.62. The third kappa shape index (κ3) is 3.93. The summed E-state index contributed by atoms with van der Waals surface area (Å²) in [5, 5.41) is 0. The second-order valence-electron chi connectivity index (χ2n) is 5.40. The number of hydrogen-bond acceptors (Lipinski definition) is 4. The first-order chi connectivity index (χ1) is 9.85. The molecule has 0 radical (unpaired) electrons. The largest absolute Gasteiger partial charge is 0.398 e. The number of nitrogen functional groups attached to an aromatic ring is 1. The molecule has 0 unspecified atom stereocenters. The van der Waals surface area contributed by atoms with Gasteiger partial charge in [-0.25, -0.2) is 17.5 Å². The van der Waals surface area contributed by atoms with Crippen LogP contribution in [0.5, 0.6) is 0 Å². The molecule has 0 atom stereocenters. The van der Waals surface area contributed by atoms with Gasteiger partial charge in [0.25, 0.3) is 0 Å². The van der Waals surface area contributed by atoms with Crippen LogP contribution >= 0.6 is 0 Å². The van der Waals surface area contributed by atoms with Gasteiger partial charge in [0.15, 0.2) is 0 Å². The van der Waals surface area contributed by atoms with Crippen molar-refractivity contribution in [1.82, 2.24) is 9.62 Å². The minimum Gasteiger partial charge on any atom is -0.398 e. The minimum absolute atomic E-state index is 0.264. The molecular weight excluding hydrogens is 293 g/mol. The third-order valence-corrected chi connectivity index (χ3v) is 5.25. The van der Waals surface area contributed by atoms with Gasteiger partial charge in [-0.05, 0) is 44.0 Å². The Morgan fingerprint density at radius 3 is 2.67 bits per heavy atom. The van der Waals surface area contributed by atoms with Crippen molar-refractivity contribution >= 4 is 15.7 Å². The Labute approximate surface area is 125 Å². The molecular formula is C14H22FN3O2S. The van der Waals surface area contributed by atoms with Crippen molar-refractivity contribution in [1.29, 1.82) is 0 Å². The maximum atomic E-state index is 13.8. The fourth-order valence-corrected chi connectivity index (χ4v) is 3.43. The van der Waals surface area contributed by atoms with Gasteiger partial charge in [-0.2, -0.15) is 0 Å². The molecule has 0 saturated heterocycles. The number of halogens is 1. The number of likely N-dealkylation sites (N-methyl/N-ethyl adjacent to an activating group) is 1. The zero-order chi connectivity index (χ0) is 15.6. The summed E-state index contributed by atoms with van der Waals surface area (Å²) in [5.41, 5.74) is 6.46. The van der Waals surface area contributed by atoms with Gasteiger partial charge >= 0.3 is 0 Å². The highest BCUT2D eigenvalue weighted by molar-refractivity contribution is 7.89. The molecule has 0 aliphatic heterocycles. The van der Waals surface area contributed by atoms with E-state index in [1.54, 1.807) is 6.92 Å². The number of nitrogens with zero attached hydrogens (tertiary/aromatic N) is 1. The lowest BCUT2D eigenvalue weighted by Gasteiger charge is -2.19. The lowest BCUT2D eigenvalue weighted by atomic mass is 10.2. The van der Waals surface area contributed by atoms with Gasteiger partial charge in [-0.15, -0.1) is 0 Å². The zero-order valence-electron chi connectivity index (χ0n) is 12.4. The summed E-state index contributed by atoms with van der Waals surface area (Å²) in [4.78, 5) is 1.84. The summed E-state index contributed by atoms with van der Waals surface area (Å²) in [6.07, 6.45) is 2.34. The van der Waals surface area contributed by atoms with Crippen LogP contribution in [0.15, 0.2) is 17.0 Å². The van der Waals surface area contributed by atoms with E-state index >= 15 is 0 Å². The van der Waals surface area contributed by atoms with Crippen molar-refractivity contribution in [3.63, 3.8) is 0 Å². The van der Waals surface area contributed by atoms with Gasteiger partial charge in [0.1, 0.15) is 10.7 Å². The van der Waals surface area contributed by atoms with Crippen molar-refractivity contribution in [3.8, 4) is 0 Å². The number of benzene rings is 1. The van der Waals surface area contributed by atoms with Crippen molar-refractivity contribution in [3.05, 3.63) is 23.5 Å². The molecule has 0 amide bonds. The van der Waals surface area contributed by atoms with Crippen LogP contribution in [0.25, 0.3) is 0 Å². The number of anilines is 1. The van der Waals surface area contributed by atoms with E-state index in [0.29, 0.717) is 18.2 Å². The Morgan fingerprint density at radius 1 is 1.43 bits per heavy atom. The van der Waals surface area contributed by atoms with Crippen LogP contribution in [-0.2, 0) is 10.0 Å². The first-order valence-electron chi connectivity index (χ1n) is 7.14. The molecule has 0 bridgehead atoms. The monoisotopic (exact) mass is 315 g/mol. The normalized spacial score (nSPS) is 15.6. The number of aryl methyl sites for hydroxylation is 1. The van der Waals surface area contributed by atoms with Crippen LogP contribution in [0.2, 0.25) is 0 Å². The molecule has 1 aromatic rings. The molecule has 1 aliphatic rings. The summed E-state index contributed by atoms with van der Waals surface area (Å²) >= 11 is 0. The molecule has 1 saturated carbocycles. The van der Waals surface area contributed by atoms with E-state index in [0.717, 1.165) is 12.6 Å². The van der Waals surface area contributed by atoms with Gasteiger partial charge in [-0.1, -0.05) is 6.92 Å². The summed E-state index contributed by atoms with van der Waals surface area (Å²) in [5.74, 6) is -0.774. The Kier molecular flexibility index (Phi) is 4.85. The second kappa shape index (κ2) is 6.29. The highest BCUT2D eigenvalue weighted by atomic mass is 32.2. The van der Waals surface area contributed by atoms with Crippen molar-refractivity contribution < 1.29 is 12.8 Å². The first kappa shape index (κ1) is 16.2. The maximum Gasteiger partial charge on any atom is 0.243 e. The summed E-state index contributed by atoms with van der Waals surface area (Å²) < 4.78 is 40.6. The molecule has 1 fully saturated rings. The van der Waals surface area contributed by atoms with E-state index in [4.69, 9.17) is 5.73 Å². The van der Waals surface area contributed by atoms with Crippen LogP contribution in [0.1, 0.15) is 25.3 Å². The molecule has 1 aromatic carbocycles. The molecule has 0 aromatic heterocycles. The Morgan fingerprint density at radius 2 is 2.10 bits per heavy atom. The van der Waals surface area contributed by atoms with Gasteiger partial charge in [0.2, 0.25) is 10.0 Å². The van der Waals surface area contributed by atoms with E-state index in [-0.39, 0.29) is 17.1 Å². The predicted octanol–water partition coefficient (Wildman–Crippen LogP) is 1.48. The average Bonchev–Trinajstić information content (AvgIpc) is 3.23. The summed E-state index contributed by atoms with van der Waals surface area (Å²) in [6, 6.07) is 2.89. The topological polar surface area (TPSA) is 75.4 Å². The van der Waals surface area contributed by atoms with E-state index < -0.39 is 15.8 Å². The van der Waals surface area contributed by atoms with Crippen LogP contribution < -0.4 is 10.5 Å². The smallest absolute Gasteiger partial charge is 0.243 e. The van der Waals surface area contributed by atoms with Gasteiger partial charge in [0.05, 0.1) is 0 Å². The van der Waals surface area contributed by atoms with E-state index in [1.807, 2.05) is 6.92 Å². The van der Waals surface area contributed by atoms with Crippen LogP contribution in [0.3, 0.4) is 0 Å². The number of nitrogens with one attached hydrogen (secondary N) is 1. The van der Waals surface area contributed by atoms with Crippen LogP contribution in [0.4, 0.5) is 10.1 Å². The number of nitrogens with two attached hydrogens (primary N) is 1. The van der Waals surface area contributed by atoms with Crippen molar-refractivity contribution in [2.75, 3.05) is 25.4 Å². The van der Waals surface area contributed by atoms with Crippen LogP contribution in [-0.4, -0.2) is 39.0 Å². The molecule has 0 heterocycles. The lowest BCUT2D eigenvalue weighted by Crippen LogP contribution is -2.36. The highest BCUT2D eigenvalue weighted by Gasteiger charge is 2.28. The molecule has 0 spiro atoms. The zero-order valence-corrected chi connectivity index (χ0v) is 13.2. The molecule has 7 heteroatoms. The summed E-state index contributed by atoms with van der Waals surface area (Å²) in [6.45, 7) is 5.46. The number of sulfonamides is 1. The predicted molar refractivity (Wildman–Crippen MR) is 81.0 cm³/mol. The fraction of sp³-hybridized carbons (Fsp3) is 0.571. The molecule has 3 N–H and O–H groups in total. The Balaban J connectivity index is 2.03. The minimum atomic E-state index is -3.87. The Bertz CT molecular complexity index is 615. The molecule has 5 nitrogen and oxygen atoms in total. The highest BCUT2D eigenvalue weighted by Crippen LogP contribution is 2.26.